The Kier molecular flexibility index (Phi) is 1.65. The van der Waals surface area contributed by atoms with Crippen LogP contribution in [0.25, 0.3) is 0 Å². The Morgan fingerprint density at radius 3 is 1.83 bits per heavy atom. The maximum Gasteiger partial charge on any atom is -0.00465 e. The molecule has 0 nitrogen and oxygen atoms in total. The van der Waals surface area contributed by atoms with Gasteiger partial charge < -0.3 is 0 Å². The summed E-state index contributed by atoms with van der Waals surface area (Å²) in [5.74, 6) is 0. The van der Waals surface area contributed by atoms with E-state index < -0.39 is 10.4 Å². The molecule has 0 N–H and O–H groups in total. The molecular weight excluding hydrogens is 99.1 g/mol. The molecule has 0 aliphatic heterocycles. The van der Waals surface area contributed by atoms with E-state index >= 15 is 0 Å². The zero-order valence-corrected chi connectivity index (χ0v) is 4.89. The normalized spacial score (nSPS) is 13.8. The Morgan fingerprint density at radius 2 is 1.83 bits per heavy atom. The third-order valence-corrected chi connectivity index (χ3v) is 1.19. The standard InChI is InChI=1S/C4H9FS/c1-4-6(2,3)5/h4H,1H2,2-3H3. The summed E-state index contributed by atoms with van der Waals surface area (Å²) in [6, 6.07) is 0. The molecule has 0 bridgehead atoms. The molecule has 2 heteroatoms. The average molecular weight is 108 g/mol. The molecule has 6 heavy (non-hydrogen) atoms. The van der Waals surface area contributed by atoms with Crippen LogP contribution in [0.3, 0.4) is 0 Å². The molecule has 0 aliphatic carbocycles. The number of hydrogen-bond acceptors (Lipinski definition) is 0. The molecule has 0 saturated heterocycles. The quantitative estimate of drug-likeness (QED) is 0.482. The topological polar surface area (TPSA) is 0 Å². The van der Waals surface area contributed by atoms with Crippen LogP contribution in [0.5, 0.6) is 0 Å². The maximum absolute atomic E-state index is 12.1. The summed E-state index contributed by atoms with van der Waals surface area (Å²) < 4.78 is 12.1. The smallest absolute Gasteiger partial charge is 0.00465 e. The summed E-state index contributed by atoms with van der Waals surface area (Å²) in [5, 5.41) is 1.35. The van der Waals surface area contributed by atoms with Gasteiger partial charge in [-0.2, -0.15) is 3.89 Å². The van der Waals surface area contributed by atoms with Gasteiger partial charge in [0.25, 0.3) is 0 Å². The van der Waals surface area contributed by atoms with E-state index in [9.17, 15) is 3.89 Å². The lowest BCUT2D eigenvalue weighted by atomic mass is 11.3. The first kappa shape index (κ1) is 6.02. The monoisotopic (exact) mass is 108 g/mol. The van der Waals surface area contributed by atoms with E-state index in [1.807, 2.05) is 0 Å². The molecule has 0 atom stereocenters. The predicted octanol–water partition coefficient (Wildman–Crippen LogP) is 2.08. The van der Waals surface area contributed by atoms with Gasteiger partial charge in [0.1, 0.15) is 0 Å². The summed E-state index contributed by atoms with van der Waals surface area (Å²) in [6.07, 6.45) is 3.08. The Morgan fingerprint density at radius 1 is 1.67 bits per heavy atom. The van der Waals surface area contributed by atoms with Gasteiger partial charge in [0, 0.05) is 0 Å². The van der Waals surface area contributed by atoms with Crippen molar-refractivity contribution in [3.63, 3.8) is 0 Å². The van der Waals surface area contributed by atoms with E-state index in [0.717, 1.165) is 0 Å². The Labute approximate surface area is 39.7 Å². The minimum absolute atomic E-state index is 1.35. The van der Waals surface area contributed by atoms with Crippen molar-refractivity contribution in [1.82, 2.24) is 0 Å². The first-order valence-corrected chi connectivity index (χ1v) is 4.03. The second kappa shape index (κ2) is 1.65. The fraction of sp³-hybridized carbons (Fsp3) is 0.500. The maximum atomic E-state index is 12.1. The van der Waals surface area contributed by atoms with E-state index in [1.54, 1.807) is 12.5 Å². The molecule has 0 heterocycles. The van der Waals surface area contributed by atoms with Crippen molar-refractivity contribution in [3.8, 4) is 0 Å². The minimum atomic E-state index is -1.90. The van der Waals surface area contributed by atoms with E-state index in [2.05, 4.69) is 6.58 Å². The largest absolute Gasteiger partial charge is 0.186 e. The molecule has 0 aromatic rings. The van der Waals surface area contributed by atoms with Crippen LogP contribution < -0.4 is 0 Å². The molecule has 0 aromatic carbocycles. The molecule has 0 aliphatic rings. The lowest BCUT2D eigenvalue weighted by Crippen LogP contribution is -1.73. The second-order valence-electron chi connectivity index (χ2n) is 1.44. The number of halogens is 1. The van der Waals surface area contributed by atoms with Crippen LogP contribution in [-0.4, -0.2) is 12.5 Å². The van der Waals surface area contributed by atoms with Crippen LogP contribution in [0.15, 0.2) is 12.0 Å². The predicted molar refractivity (Wildman–Crippen MR) is 30.7 cm³/mol. The van der Waals surface area contributed by atoms with E-state index in [-0.39, 0.29) is 0 Å². The highest BCUT2D eigenvalue weighted by Crippen LogP contribution is 2.41. The van der Waals surface area contributed by atoms with Crippen molar-refractivity contribution in [2.45, 2.75) is 0 Å². The zero-order valence-electron chi connectivity index (χ0n) is 4.07. The van der Waals surface area contributed by atoms with E-state index in [0.29, 0.717) is 0 Å². The van der Waals surface area contributed by atoms with Crippen molar-refractivity contribution in [2.24, 2.45) is 0 Å². The molecule has 0 rings (SSSR count). The Bertz CT molecular complexity index is 53.1. The van der Waals surface area contributed by atoms with E-state index in [1.165, 1.54) is 5.41 Å². The third-order valence-electron chi connectivity index (χ3n) is 0.396. The van der Waals surface area contributed by atoms with Gasteiger partial charge in [0.05, 0.1) is 0 Å². The van der Waals surface area contributed by atoms with Gasteiger partial charge in [-0.05, 0) is 17.9 Å². The average Bonchev–Trinajstić information content (AvgIpc) is 1.35. The van der Waals surface area contributed by atoms with E-state index in [4.69, 9.17) is 0 Å². The SMILES string of the molecule is C=CS(C)(C)F. The summed E-state index contributed by atoms with van der Waals surface area (Å²) in [6.45, 7) is 3.29. The van der Waals surface area contributed by atoms with Crippen molar-refractivity contribution in [2.75, 3.05) is 12.5 Å². The molecule has 38 valence electrons. The molecular formula is C4H9FS. The van der Waals surface area contributed by atoms with Gasteiger partial charge in [0.15, 0.2) is 0 Å². The minimum Gasteiger partial charge on any atom is -0.186 e. The lowest BCUT2D eigenvalue weighted by molar-refractivity contribution is 0.915. The van der Waals surface area contributed by atoms with Crippen molar-refractivity contribution in [1.29, 1.82) is 0 Å². The molecule has 0 amide bonds. The highest BCUT2D eigenvalue weighted by Gasteiger charge is 1.97. The molecule has 0 saturated carbocycles. The highest BCUT2D eigenvalue weighted by molar-refractivity contribution is 8.30. The van der Waals surface area contributed by atoms with Gasteiger partial charge in [-0.25, -0.2) is 0 Å². The van der Waals surface area contributed by atoms with Crippen LogP contribution in [0.1, 0.15) is 0 Å². The summed E-state index contributed by atoms with van der Waals surface area (Å²) in [7, 11) is -1.90. The van der Waals surface area contributed by atoms with Crippen LogP contribution in [0.2, 0.25) is 0 Å². The second-order valence-corrected chi connectivity index (χ2v) is 4.33. The Hall–Kier alpha value is 0.0200. The first-order valence-electron chi connectivity index (χ1n) is 1.61. The van der Waals surface area contributed by atoms with Crippen molar-refractivity contribution in [3.05, 3.63) is 12.0 Å². The molecule has 0 fully saturated rings. The fourth-order valence-electron chi connectivity index (χ4n) is 0. The summed E-state index contributed by atoms with van der Waals surface area (Å²) in [4.78, 5) is 0. The molecule has 0 radical (unpaired) electrons. The third kappa shape index (κ3) is 4.02. The fourth-order valence-corrected chi connectivity index (χ4v) is 0. The van der Waals surface area contributed by atoms with Gasteiger partial charge in [0.2, 0.25) is 0 Å². The Balaban J connectivity index is 3.45. The summed E-state index contributed by atoms with van der Waals surface area (Å²) >= 11 is 0. The van der Waals surface area contributed by atoms with Crippen LogP contribution in [0, 0.1) is 0 Å². The van der Waals surface area contributed by atoms with Crippen LogP contribution in [-0.2, 0) is 0 Å². The highest BCUT2D eigenvalue weighted by atomic mass is 32.3. The van der Waals surface area contributed by atoms with Gasteiger partial charge >= 0.3 is 0 Å². The number of rotatable bonds is 1. The number of hydrogen-bond donors (Lipinski definition) is 0. The van der Waals surface area contributed by atoms with Gasteiger partial charge in [-0.3, -0.25) is 0 Å². The van der Waals surface area contributed by atoms with Crippen LogP contribution in [0.4, 0.5) is 3.89 Å². The van der Waals surface area contributed by atoms with Gasteiger partial charge in [-0.15, -0.1) is 0 Å². The van der Waals surface area contributed by atoms with Gasteiger partial charge in [-0.1, -0.05) is 17.0 Å². The zero-order chi connectivity index (χ0) is 5.21. The lowest BCUT2D eigenvalue weighted by Gasteiger charge is -2.10. The molecule has 0 unspecified atom stereocenters. The summed E-state index contributed by atoms with van der Waals surface area (Å²) in [5.41, 5.74) is 0. The van der Waals surface area contributed by atoms with Crippen molar-refractivity contribution < 1.29 is 3.89 Å². The van der Waals surface area contributed by atoms with Crippen LogP contribution >= 0.6 is 10.4 Å². The van der Waals surface area contributed by atoms with Crippen molar-refractivity contribution >= 4 is 10.4 Å². The first-order chi connectivity index (χ1) is 2.56. The molecule has 0 spiro atoms. The molecule has 0 aromatic heterocycles.